The van der Waals surface area contributed by atoms with Crippen LogP contribution < -0.4 is 0 Å². The van der Waals surface area contributed by atoms with Crippen LogP contribution in [0, 0.1) is 0 Å². The lowest BCUT2D eigenvalue weighted by Gasteiger charge is -2.33. The van der Waals surface area contributed by atoms with E-state index in [-0.39, 0.29) is 12.5 Å². The molecule has 1 aliphatic rings. The van der Waals surface area contributed by atoms with E-state index < -0.39 is 12.0 Å². The minimum Gasteiger partial charge on any atom is -0.480 e. The molecule has 0 aromatic carbocycles. The number of piperidine rings is 1. The number of carbonyl (C=O) groups is 2. The van der Waals surface area contributed by atoms with E-state index in [1.54, 1.807) is 16.8 Å². The lowest BCUT2D eigenvalue weighted by Crippen LogP contribution is -2.49. The largest absolute Gasteiger partial charge is 0.480 e. The monoisotopic (exact) mass is 228 g/mol. The standard InChI is InChI=1S/C11H20N2O3/c1-3-12(2)10(14)8-13-7-5-4-6-9(13)11(15)16/h9H,3-8H2,1-2H3,(H,15,16). The Bertz CT molecular complexity index is 268. The Balaban J connectivity index is 2.56. The van der Waals surface area contributed by atoms with E-state index in [0.717, 1.165) is 12.8 Å². The molecule has 1 saturated heterocycles. The summed E-state index contributed by atoms with van der Waals surface area (Å²) in [4.78, 5) is 26.1. The van der Waals surface area contributed by atoms with Crippen LogP contribution in [0.25, 0.3) is 0 Å². The van der Waals surface area contributed by atoms with Gasteiger partial charge in [-0.1, -0.05) is 6.42 Å². The molecule has 0 aromatic heterocycles. The number of carboxylic acids is 1. The van der Waals surface area contributed by atoms with Crippen LogP contribution in [0.1, 0.15) is 26.2 Å². The molecule has 5 heteroatoms. The summed E-state index contributed by atoms with van der Waals surface area (Å²) in [5.74, 6) is -0.817. The first-order valence-corrected chi connectivity index (χ1v) is 5.77. The molecular weight excluding hydrogens is 208 g/mol. The van der Waals surface area contributed by atoms with Gasteiger partial charge in [0, 0.05) is 13.6 Å². The summed E-state index contributed by atoms with van der Waals surface area (Å²) < 4.78 is 0. The summed E-state index contributed by atoms with van der Waals surface area (Å²) in [6.45, 7) is 3.49. The molecule has 5 nitrogen and oxygen atoms in total. The van der Waals surface area contributed by atoms with Gasteiger partial charge in [0.25, 0.3) is 0 Å². The van der Waals surface area contributed by atoms with Gasteiger partial charge in [0.1, 0.15) is 6.04 Å². The van der Waals surface area contributed by atoms with Crippen molar-refractivity contribution in [3.8, 4) is 0 Å². The molecule has 0 spiro atoms. The van der Waals surface area contributed by atoms with Gasteiger partial charge in [-0.3, -0.25) is 14.5 Å². The van der Waals surface area contributed by atoms with E-state index in [9.17, 15) is 9.59 Å². The van der Waals surface area contributed by atoms with Crippen molar-refractivity contribution in [2.75, 3.05) is 26.7 Å². The average Bonchev–Trinajstić information content (AvgIpc) is 2.28. The van der Waals surface area contributed by atoms with E-state index in [2.05, 4.69) is 0 Å². The number of hydrogen-bond acceptors (Lipinski definition) is 3. The van der Waals surface area contributed by atoms with Gasteiger partial charge in [-0.15, -0.1) is 0 Å². The number of carbonyl (C=O) groups excluding carboxylic acids is 1. The summed E-state index contributed by atoms with van der Waals surface area (Å²) in [6, 6.07) is -0.483. The Morgan fingerprint density at radius 2 is 2.12 bits per heavy atom. The van der Waals surface area contributed by atoms with Crippen LogP contribution in [0.15, 0.2) is 0 Å². The molecule has 0 aromatic rings. The third-order valence-electron chi connectivity index (χ3n) is 3.14. The molecule has 0 bridgehead atoms. The first-order chi connectivity index (χ1) is 7.56. The fourth-order valence-corrected chi connectivity index (χ4v) is 1.93. The molecule has 1 heterocycles. The van der Waals surface area contributed by atoms with Crippen LogP contribution in [-0.2, 0) is 9.59 Å². The van der Waals surface area contributed by atoms with Crippen LogP contribution in [0.5, 0.6) is 0 Å². The fraction of sp³-hybridized carbons (Fsp3) is 0.818. The maximum absolute atomic E-state index is 11.7. The lowest BCUT2D eigenvalue weighted by molar-refractivity contribution is -0.146. The van der Waals surface area contributed by atoms with E-state index >= 15 is 0 Å². The van der Waals surface area contributed by atoms with Crippen molar-refractivity contribution < 1.29 is 14.7 Å². The van der Waals surface area contributed by atoms with Crippen LogP contribution in [0.4, 0.5) is 0 Å². The van der Waals surface area contributed by atoms with Gasteiger partial charge in [-0.25, -0.2) is 0 Å². The zero-order valence-electron chi connectivity index (χ0n) is 9.98. The maximum Gasteiger partial charge on any atom is 0.320 e. The van der Waals surface area contributed by atoms with E-state index in [4.69, 9.17) is 5.11 Å². The second-order valence-electron chi connectivity index (χ2n) is 4.23. The van der Waals surface area contributed by atoms with Gasteiger partial charge in [-0.05, 0) is 26.3 Å². The highest BCUT2D eigenvalue weighted by atomic mass is 16.4. The van der Waals surface area contributed by atoms with Gasteiger partial charge >= 0.3 is 5.97 Å². The SMILES string of the molecule is CCN(C)C(=O)CN1CCCCC1C(=O)O. The van der Waals surface area contributed by atoms with Crippen molar-refractivity contribution in [3.05, 3.63) is 0 Å². The Morgan fingerprint density at radius 1 is 1.44 bits per heavy atom. The third-order valence-corrected chi connectivity index (χ3v) is 3.14. The first kappa shape index (κ1) is 13.0. The summed E-state index contributed by atoms with van der Waals surface area (Å²) >= 11 is 0. The maximum atomic E-state index is 11.7. The predicted molar refractivity (Wildman–Crippen MR) is 60.2 cm³/mol. The number of likely N-dealkylation sites (N-methyl/N-ethyl adjacent to an activating group) is 1. The van der Waals surface area contributed by atoms with Crippen LogP contribution in [0.2, 0.25) is 0 Å². The van der Waals surface area contributed by atoms with Gasteiger partial charge in [0.15, 0.2) is 0 Å². The molecule has 16 heavy (non-hydrogen) atoms. The number of amides is 1. The minimum absolute atomic E-state index is 0.00403. The first-order valence-electron chi connectivity index (χ1n) is 5.77. The van der Waals surface area contributed by atoms with Crippen LogP contribution >= 0.6 is 0 Å². The average molecular weight is 228 g/mol. The summed E-state index contributed by atoms with van der Waals surface area (Å²) in [5, 5.41) is 9.05. The highest BCUT2D eigenvalue weighted by Gasteiger charge is 2.29. The molecule has 1 rings (SSSR count). The zero-order valence-corrected chi connectivity index (χ0v) is 9.98. The summed E-state index contributed by atoms with van der Waals surface area (Å²) in [5.41, 5.74) is 0. The van der Waals surface area contributed by atoms with Crippen molar-refractivity contribution in [2.24, 2.45) is 0 Å². The molecule has 1 amide bonds. The minimum atomic E-state index is -0.813. The van der Waals surface area contributed by atoms with Crippen molar-refractivity contribution in [2.45, 2.75) is 32.2 Å². The second kappa shape index (κ2) is 5.84. The second-order valence-corrected chi connectivity index (χ2v) is 4.23. The number of rotatable bonds is 4. The molecule has 0 saturated carbocycles. The third kappa shape index (κ3) is 3.20. The van der Waals surface area contributed by atoms with Crippen LogP contribution in [0.3, 0.4) is 0 Å². The number of hydrogen-bond donors (Lipinski definition) is 1. The quantitative estimate of drug-likeness (QED) is 0.757. The van der Waals surface area contributed by atoms with Gasteiger partial charge in [0.05, 0.1) is 6.54 Å². The summed E-state index contributed by atoms with van der Waals surface area (Å²) in [6.07, 6.45) is 2.57. The van der Waals surface area contributed by atoms with Crippen molar-refractivity contribution in [1.29, 1.82) is 0 Å². The topological polar surface area (TPSA) is 60.9 Å². The molecule has 0 aliphatic carbocycles. The van der Waals surface area contributed by atoms with Gasteiger partial charge in [0.2, 0.25) is 5.91 Å². The van der Waals surface area contributed by atoms with E-state index in [1.165, 1.54) is 0 Å². The van der Waals surface area contributed by atoms with Crippen molar-refractivity contribution >= 4 is 11.9 Å². The van der Waals surface area contributed by atoms with E-state index in [1.807, 2.05) is 6.92 Å². The van der Waals surface area contributed by atoms with E-state index in [0.29, 0.717) is 19.5 Å². The molecule has 1 fully saturated rings. The Hall–Kier alpha value is -1.10. The molecule has 1 atom stereocenters. The zero-order chi connectivity index (χ0) is 12.1. The molecule has 0 radical (unpaired) electrons. The number of likely N-dealkylation sites (tertiary alicyclic amines) is 1. The van der Waals surface area contributed by atoms with Gasteiger partial charge < -0.3 is 10.0 Å². The Kier molecular flexibility index (Phi) is 4.73. The highest BCUT2D eigenvalue weighted by molar-refractivity contribution is 5.79. The molecule has 1 unspecified atom stereocenters. The number of aliphatic carboxylic acids is 1. The van der Waals surface area contributed by atoms with Gasteiger partial charge in [-0.2, -0.15) is 0 Å². The van der Waals surface area contributed by atoms with Crippen molar-refractivity contribution in [1.82, 2.24) is 9.80 Å². The Labute approximate surface area is 96.0 Å². The summed E-state index contributed by atoms with van der Waals surface area (Å²) in [7, 11) is 1.74. The predicted octanol–water partition coefficient (Wildman–Crippen LogP) is 0.404. The number of carboxylic acid groups (broad SMARTS) is 1. The highest BCUT2D eigenvalue weighted by Crippen LogP contribution is 2.16. The Morgan fingerprint density at radius 3 is 2.69 bits per heavy atom. The molecule has 92 valence electrons. The number of nitrogens with zero attached hydrogens (tertiary/aromatic N) is 2. The lowest BCUT2D eigenvalue weighted by atomic mass is 10.0. The van der Waals surface area contributed by atoms with Crippen LogP contribution in [-0.4, -0.2) is 59.5 Å². The smallest absolute Gasteiger partial charge is 0.320 e. The molecule has 1 aliphatic heterocycles. The molecular formula is C11H20N2O3. The van der Waals surface area contributed by atoms with Crippen molar-refractivity contribution in [3.63, 3.8) is 0 Å². The molecule has 1 N–H and O–H groups in total. The fourth-order valence-electron chi connectivity index (χ4n) is 1.93. The normalized spacial score (nSPS) is 21.8.